The van der Waals surface area contributed by atoms with Gasteiger partial charge in [-0.1, -0.05) is 0 Å². The second-order valence-corrected chi connectivity index (χ2v) is 5.24. The molecule has 2 aliphatic rings. The Morgan fingerprint density at radius 1 is 1.44 bits per heavy atom. The molecule has 94 valence electrons. The third-order valence-electron chi connectivity index (χ3n) is 3.88. The molecule has 0 amide bonds. The second kappa shape index (κ2) is 5.45. The zero-order valence-electron chi connectivity index (χ0n) is 10.1. The van der Waals surface area contributed by atoms with Crippen LogP contribution < -0.4 is 5.73 Å². The predicted molar refractivity (Wildman–Crippen MR) is 63.2 cm³/mol. The minimum absolute atomic E-state index is 0.0942. The molecule has 16 heavy (non-hydrogen) atoms. The van der Waals surface area contributed by atoms with Gasteiger partial charge in [0.15, 0.2) is 0 Å². The predicted octanol–water partition coefficient (Wildman–Crippen LogP) is 0.195. The number of likely N-dealkylation sites (N-methyl/N-ethyl adjacent to an activating group) is 1. The summed E-state index contributed by atoms with van der Waals surface area (Å²) in [5.41, 5.74) is 6.17. The van der Waals surface area contributed by atoms with E-state index in [0.29, 0.717) is 12.0 Å². The van der Waals surface area contributed by atoms with Gasteiger partial charge in [-0.2, -0.15) is 0 Å². The molecule has 4 nitrogen and oxygen atoms in total. The number of rotatable bonds is 6. The van der Waals surface area contributed by atoms with Crippen molar-refractivity contribution < 1.29 is 9.84 Å². The van der Waals surface area contributed by atoms with E-state index in [2.05, 4.69) is 4.90 Å². The van der Waals surface area contributed by atoms with E-state index in [-0.39, 0.29) is 18.7 Å². The van der Waals surface area contributed by atoms with Gasteiger partial charge in [-0.3, -0.25) is 4.90 Å². The van der Waals surface area contributed by atoms with Gasteiger partial charge in [0.2, 0.25) is 0 Å². The van der Waals surface area contributed by atoms with Gasteiger partial charge in [-0.25, -0.2) is 0 Å². The Morgan fingerprint density at radius 2 is 2.19 bits per heavy atom. The third-order valence-corrected chi connectivity index (χ3v) is 3.88. The fourth-order valence-corrected chi connectivity index (χ4v) is 2.60. The van der Waals surface area contributed by atoms with Crippen LogP contribution in [0.3, 0.4) is 0 Å². The van der Waals surface area contributed by atoms with Gasteiger partial charge in [0.05, 0.1) is 12.7 Å². The molecule has 1 saturated carbocycles. The molecule has 1 aliphatic carbocycles. The SMILES string of the molecule is CN(CC1CCCO1)C(CO)C(N)C1CC1. The molecule has 1 heterocycles. The average molecular weight is 228 g/mol. The Morgan fingerprint density at radius 3 is 2.69 bits per heavy atom. The zero-order chi connectivity index (χ0) is 11.5. The monoisotopic (exact) mass is 228 g/mol. The fourth-order valence-electron chi connectivity index (χ4n) is 2.60. The minimum atomic E-state index is 0.0942. The van der Waals surface area contributed by atoms with Gasteiger partial charge in [0, 0.05) is 25.2 Å². The number of aliphatic hydroxyl groups excluding tert-OH is 1. The molecule has 0 bridgehead atoms. The maximum atomic E-state index is 9.45. The van der Waals surface area contributed by atoms with Crippen LogP contribution >= 0.6 is 0 Å². The molecule has 3 N–H and O–H groups in total. The Labute approximate surface area is 97.7 Å². The van der Waals surface area contributed by atoms with Gasteiger partial charge in [-0.05, 0) is 38.6 Å². The highest BCUT2D eigenvalue weighted by molar-refractivity contribution is 4.93. The number of nitrogens with two attached hydrogens (primary N) is 1. The lowest BCUT2D eigenvalue weighted by molar-refractivity contribution is 0.0460. The first-order chi connectivity index (χ1) is 7.72. The normalized spacial score (nSPS) is 29.6. The van der Waals surface area contributed by atoms with E-state index in [4.69, 9.17) is 10.5 Å². The molecule has 1 saturated heterocycles. The molecular weight excluding hydrogens is 204 g/mol. The summed E-state index contributed by atoms with van der Waals surface area (Å²) in [6.07, 6.45) is 5.10. The van der Waals surface area contributed by atoms with Crippen LogP contribution in [-0.2, 0) is 4.74 Å². The minimum Gasteiger partial charge on any atom is -0.395 e. The van der Waals surface area contributed by atoms with Crippen molar-refractivity contribution in [3.8, 4) is 0 Å². The van der Waals surface area contributed by atoms with E-state index in [0.717, 1.165) is 26.0 Å². The number of nitrogens with zero attached hydrogens (tertiary/aromatic N) is 1. The van der Waals surface area contributed by atoms with Gasteiger partial charge in [0.1, 0.15) is 0 Å². The maximum absolute atomic E-state index is 9.45. The lowest BCUT2D eigenvalue weighted by Crippen LogP contribution is -2.51. The average Bonchev–Trinajstić information content (AvgIpc) is 3.00. The van der Waals surface area contributed by atoms with E-state index < -0.39 is 0 Å². The molecule has 0 radical (unpaired) electrons. The first-order valence-electron chi connectivity index (χ1n) is 6.40. The van der Waals surface area contributed by atoms with Crippen LogP contribution in [0.5, 0.6) is 0 Å². The number of aliphatic hydroxyl groups is 1. The highest BCUT2D eigenvalue weighted by atomic mass is 16.5. The van der Waals surface area contributed by atoms with E-state index in [9.17, 15) is 5.11 Å². The molecule has 0 aromatic heterocycles. The first-order valence-corrected chi connectivity index (χ1v) is 6.40. The second-order valence-electron chi connectivity index (χ2n) is 5.24. The maximum Gasteiger partial charge on any atom is 0.0702 e. The van der Waals surface area contributed by atoms with Crippen molar-refractivity contribution >= 4 is 0 Å². The first kappa shape index (κ1) is 12.3. The molecule has 3 unspecified atom stereocenters. The molecule has 3 atom stereocenters. The Balaban J connectivity index is 1.81. The summed E-state index contributed by atoms with van der Waals surface area (Å²) in [5, 5.41) is 9.45. The summed E-state index contributed by atoms with van der Waals surface area (Å²) in [7, 11) is 2.05. The van der Waals surface area contributed by atoms with Crippen LogP contribution in [-0.4, -0.2) is 55.0 Å². The van der Waals surface area contributed by atoms with Crippen LogP contribution in [0.15, 0.2) is 0 Å². The lowest BCUT2D eigenvalue weighted by atomic mass is 10.0. The Kier molecular flexibility index (Phi) is 4.19. The van der Waals surface area contributed by atoms with Crippen LogP contribution in [0.1, 0.15) is 25.7 Å². The number of ether oxygens (including phenoxy) is 1. The molecule has 2 rings (SSSR count). The Hall–Kier alpha value is -0.160. The quantitative estimate of drug-likeness (QED) is 0.681. The van der Waals surface area contributed by atoms with Crippen molar-refractivity contribution in [2.24, 2.45) is 11.7 Å². The van der Waals surface area contributed by atoms with Crippen LogP contribution in [0.4, 0.5) is 0 Å². The van der Waals surface area contributed by atoms with Crippen LogP contribution in [0, 0.1) is 5.92 Å². The van der Waals surface area contributed by atoms with E-state index >= 15 is 0 Å². The van der Waals surface area contributed by atoms with Gasteiger partial charge in [-0.15, -0.1) is 0 Å². The molecule has 0 aromatic carbocycles. The van der Waals surface area contributed by atoms with Crippen molar-refractivity contribution in [2.75, 3.05) is 26.8 Å². The summed E-state index contributed by atoms with van der Waals surface area (Å²) in [5.74, 6) is 0.629. The number of hydrogen-bond donors (Lipinski definition) is 2. The van der Waals surface area contributed by atoms with Crippen LogP contribution in [0.2, 0.25) is 0 Å². The van der Waals surface area contributed by atoms with E-state index in [1.165, 1.54) is 12.8 Å². The van der Waals surface area contributed by atoms with Crippen molar-refractivity contribution in [1.29, 1.82) is 0 Å². The number of hydrogen-bond acceptors (Lipinski definition) is 4. The van der Waals surface area contributed by atoms with Crippen molar-refractivity contribution in [3.05, 3.63) is 0 Å². The van der Waals surface area contributed by atoms with Gasteiger partial charge < -0.3 is 15.6 Å². The van der Waals surface area contributed by atoms with Crippen molar-refractivity contribution in [3.63, 3.8) is 0 Å². The molecule has 1 aliphatic heterocycles. The molecule has 0 aromatic rings. The largest absolute Gasteiger partial charge is 0.395 e. The van der Waals surface area contributed by atoms with Gasteiger partial charge >= 0.3 is 0 Å². The summed E-state index contributed by atoms with van der Waals surface area (Å²) in [6, 6.07) is 0.216. The summed E-state index contributed by atoms with van der Waals surface area (Å²) in [4.78, 5) is 2.18. The lowest BCUT2D eigenvalue weighted by Gasteiger charge is -2.32. The van der Waals surface area contributed by atoms with Crippen molar-refractivity contribution in [1.82, 2.24) is 4.90 Å². The highest BCUT2D eigenvalue weighted by Crippen LogP contribution is 2.33. The topological polar surface area (TPSA) is 58.7 Å². The molecule has 0 spiro atoms. The van der Waals surface area contributed by atoms with Crippen LogP contribution in [0.25, 0.3) is 0 Å². The summed E-state index contributed by atoms with van der Waals surface area (Å²) >= 11 is 0. The summed E-state index contributed by atoms with van der Waals surface area (Å²) in [6.45, 7) is 1.93. The molecular formula is C12H24N2O2. The van der Waals surface area contributed by atoms with Crippen molar-refractivity contribution in [2.45, 2.75) is 43.9 Å². The molecule has 4 heteroatoms. The van der Waals surface area contributed by atoms with Gasteiger partial charge in [0.25, 0.3) is 0 Å². The highest BCUT2D eigenvalue weighted by Gasteiger charge is 2.36. The Bertz CT molecular complexity index is 215. The zero-order valence-corrected chi connectivity index (χ0v) is 10.1. The van der Waals surface area contributed by atoms with E-state index in [1.807, 2.05) is 7.05 Å². The third kappa shape index (κ3) is 2.94. The fraction of sp³-hybridized carbons (Fsp3) is 1.00. The smallest absolute Gasteiger partial charge is 0.0702 e. The molecule has 2 fully saturated rings. The summed E-state index contributed by atoms with van der Waals surface area (Å²) < 4.78 is 5.61. The standard InChI is InChI=1S/C12H24N2O2/c1-14(7-10-3-2-6-16-10)11(8-15)12(13)9-4-5-9/h9-12,15H,2-8,13H2,1H3. The van der Waals surface area contributed by atoms with E-state index in [1.54, 1.807) is 0 Å².